The van der Waals surface area contributed by atoms with Crippen molar-refractivity contribution in [1.29, 1.82) is 0 Å². The fourth-order valence-electron chi connectivity index (χ4n) is 2.86. The average Bonchev–Trinajstić information content (AvgIpc) is 2.55. The lowest BCUT2D eigenvalue weighted by Crippen LogP contribution is -2.42. The summed E-state index contributed by atoms with van der Waals surface area (Å²) in [5.41, 5.74) is 1.19. The highest BCUT2D eigenvalue weighted by molar-refractivity contribution is 5.21. The Labute approximate surface area is 129 Å². The van der Waals surface area contributed by atoms with E-state index in [-0.39, 0.29) is 5.92 Å². The van der Waals surface area contributed by atoms with Crippen molar-refractivity contribution < 1.29 is 14.2 Å². The van der Waals surface area contributed by atoms with Crippen molar-refractivity contribution in [3.8, 4) is 0 Å². The molecule has 0 aromatic heterocycles. The third-order valence-electron chi connectivity index (χ3n) is 4.08. The minimum atomic E-state index is -1.01. The lowest BCUT2D eigenvalue weighted by Gasteiger charge is -2.36. The van der Waals surface area contributed by atoms with Crippen LogP contribution in [0.2, 0.25) is 0 Å². The molecule has 3 nitrogen and oxygen atoms in total. The average molecular weight is 294 g/mol. The van der Waals surface area contributed by atoms with Crippen molar-refractivity contribution in [2.24, 2.45) is 0 Å². The van der Waals surface area contributed by atoms with Crippen molar-refractivity contribution in [3.05, 3.63) is 35.9 Å². The van der Waals surface area contributed by atoms with E-state index in [0.717, 1.165) is 12.8 Å². The standard InChI is InChI=1S/C18H30O3/c1-5-6-7-8-12-15-17(16-13-10-9-11-14-16)18(19-2,20-3)21-4/h9-11,13-14,17H,5-8,12,15H2,1-4H3. The maximum absolute atomic E-state index is 5.59. The number of benzene rings is 1. The fourth-order valence-corrected chi connectivity index (χ4v) is 2.86. The predicted octanol–water partition coefficient (Wildman–Crippen LogP) is 4.72. The van der Waals surface area contributed by atoms with Gasteiger partial charge in [-0.05, 0) is 12.0 Å². The monoisotopic (exact) mass is 294 g/mol. The van der Waals surface area contributed by atoms with Gasteiger partial charge in [-0.25, -0.2) is 0 Å². The zero-order chi connectivity index (χ0) is 15.6. The summed E-state index contributed by atoms with van der Waals surface area (Å²) < 4.78 is 16.8. The molecular weight excluding hydrogens is 264 g/mol. The summed E-state index contributed by atoms with van der Waals surface area (Å²) in [4.78, 5) is 0. The molecule has 0 fully saturated rings. The Bertz CT molecular complexity index is 352. The van der Waals surface area contributed by atoms with E-state index in [0.29, 0.717) is 0 Å². The zero-order valence-electron chi connectivity index (χ0n) is 13.9. The number of methoxy groups -OCH3 is 3. The number of rotatable bonds is 11. The molecule has 0 aliphatic rings. The molecule has 0 radical (unpaired) electrons. The Morgan fingerprint density at radius 2 is 1.43 bits per heavy atom. The Kier molecular flexibility index (Phi) is 8.58. The fraction of sp³-hybridized carbons (Fsp3) is 0.667. The number of ether oxygens (including phenoxy) is 3. The minimum absolute atomic E-state index is 0.0697. The number of hydrogen-bond donors (Lipinski definition) is 0. The molecule has 1 unspecified atom stereocenters. The molecule has 1 rings (SSSR count). The van der Waals surface area contributed by atoms with Gasteiger partial charge in [-0.15, -0.1) is 0 Å². The van der Waals surface area contributed by atoms with Crippen LogP contribution in [-0.4, -0.2) is 27.3 Å². The molecule has 0 amide bonds. The summed E-state index contributed by atoms with van der Waals surface area (Å²) in [5, 5.41) is 0. The summed E-state index contributed by atoms with van der Waals surface area (Å²) in [6, 6.07) is 10.3. The molecule has 21 heavy (non-hydrogen) atoms. The lowest BCUT2D eigenvalue weighted by atomic mass is 9.90. The van der Waals surface area contributed by atoms with E-state index < -0.39 is 5.97 Å². The molecule has 0 aliphatic heterocycles. The van der Waals surface area contributed by atoms with Crippen LogP contribution in [0, 0.1) is 0 Å². The third kappa shape index (κ3) is 5.10. The minimum Gasteiger partial charge on any atom is -0.330 e. The Balaban J connectivity index is 2.80. The molecular formula is C18H30O3. The van der Waals surface area contributed by atoms with Gasteiger partial charge in [0.1, 0.15) is 0 Å². The van der Waals surface area contributed by atoms with Gasteiger partial charge >= 0.3 is 0 Å². The molecule has 0 saturated heterocycles. The molecule has 0 heterocycles. The van der Waals surface area contributed by atoms with Crippen molar-refractivity contribution in [1.82, 2.24) is 0 Å². The number of unbranched alkanes of at least 4 members (excludes halogenated alkanes) is 4. The van der Waals surface area contributed by atoms with E-state index in [1.54, 1.807) is 21.3 Å². The first kappa shape index (κ1) is 18.1. The van der Waals surface area contributed by atoms with E-state index >= 15 is 0 Å². The van der Waals surface area contributed by atoms with Gasteiger partial charge in [0.25, 0.3) is 5.97 Å². The van der Waals surface area contributed by atoms with Crippen molar-refractivity contribution in [2.45, 2.75) is 57.3 Å². The van der Waals surface area contributed by atoms with Gasteiger partial charge in [0.05, 0.1) is 5.92 Å². The summed E-state index contributed by atoms with van der Waals surface area (Å²) >= 11 is 0. The van der Waals surface area contributed by atoms with Crippen molar-refractivity contribution in [3.63, 3.8) is 0 Å². The highest BCUT2D eigenvalue weighted by atomic mass is 16.9. The van der Waals surface area contributed by atoms with Crippen LogP contribution in [0.15, 0.2) is 30.3 Å². The first-order valence-electron chi connectivity index (χ1n) is 7.94. The van der Waals surface area contributed by atoms with Crippen molar-refractivity contribution >= 4 is 0 Å². The first-order valence-corrected chi connectivity index (χ1v) is 7.94. The molecule has 0 saturated carbocycles. The van der Waals surface area contributed by atoms with Crippen LogP contribution >= 0.6 is 0 Å². The molecule has 0 spiro atoms. The smallest absolute Gasteiger partial charge is 0.289 e. The normalized spacial score (nSPS) is 13.3. The molecule has 1 atom stereocenters. The molecule has 0 N–H and O–H groups in total. The highest BCUT2D eigenvalue weighted by Crippen LogP contribution is 2.37. The Morgan fingerprint density at radius 1 is 0.857 bits per heavy atom. The van der Waals surface area contributed by atoms with Gasteiger partial charge in [-0.2, -0.15) is 0 Å². The summed E-state index contributed by atoms with van der Waals surface area (Å²) in [5.74, 6) is -0.938. The van der Waals surface area contributed by atoms with Gasteiger partial charge in [0.15, 0.2) is 0 Å². The van der Waals surface area contributed by atoms with Gasteiger partial charge in [-0.1, -0.05) is 69.4 Å². The SMILES string of the molecule is CCCCCCCC(c1ccccc1)C(OC)(OC)OC. The van der Waals surface area contributed by atoms with E-state index in [9.17, 15) is 0 Å². The van der Waals surface area contributed by atoms with Crippen LogP contribution < -0.4 is 0 Å². The maximum Gasteiger partial charge on any atom is 0.289 e. The number of hydrogen-bond acceptors (Lipinski definition) is 3. The van der Waals surface area contributed by atoms with Gasteiger partial charge < -0.3 is 14.2 Å². The Hall–Kier alpha value is -0.900. The molecule has 1 aromatic carbocycles. The summed E-state index contributed by atoms with van der Waals surface area (Å²) in [6.45, 7) is 2.23. The third-order valence-corrected chi connectivity index (χ3v) is 4.08. The maximum atomic E-state index is 5.59. The second-order valence-electron chi connectivity index (χ2n) is 5.38. The van der Waals surface area contributed by atoms with Crippen LogP contribution in [0.25, 0.3) is 0 Å². The molecule has 0 bridgehead atoms. The lowest BCUT2D eigenvalue weighted by molar-refractivity contribution is -0.365. The van der Waals surface area contributed by atoms with E-state index in [4.69, 9.17) is 14.2 Å². The quantitative estimate of drug-likeness (QED) is 0.436. The van der Waals surface area contributed by atoms with Crippen molar-refractivity contribution in [2.75, 3.05) is 21.3 Å². The van der Waals surface area contributed by atoms with Gasteiger partial charge in [-0.3, -0.25) is 0 Å². The van der Waals surface area contributed by atoms with E-state index in [1.165, 1.54) is 31.2 Å². The second kappa shape index (κ2) is 9.93. The second-order valence-corrected chi connectivity index (χ2v) is 5.38. The zero-order valence-corrected chi connectivity index (χ0v) is 13.9. The molecule has 0 aliphatic carbocycles. The van der Waals surface area contributed by atoms with Crippen LogP contribution in [0.4, 0.5) is 0 Å². The first-order chi connectivity index (χ1) is 10.2. The molecule has 120 valence electrons. The van der Waals surface area contributed by atoms with Crippen LogP contribution in [0.3, 0.4) is 0 Å². The van der Waals surface area contributed by atoms with Crippen LogP contribution in [0.1, 0.15) is 56.9 Å². The van der Waals surface area contributed by atoms with E-state index in [1.807, 2.05) is 18.2 Å². The topological polar surface area (TPSA) is 27.7 Å². The van der Waals surface area contributed by atoms with Crippen LogP contribution in [-0.2, 0) is 14.2 Å². The van der Waals surface area contributed by atoms with Gasteiger partial charge in [0, 0.05) is 21.3 Å². The molecule has 3 heteroatoms. The highest BCUT2D eigenvalue weighted by Gasteiger charge is 2.40. The van der Waals surface area contributed by atoms with Crippen LogP contribution in [0.5, 0.6) is 0 Å². The Morgan fingerprint density at radius 3 is 1.95 bits per heavy atom. The summed E-state index contributed by atoms with van der Waals surface area (Å²) in [6.07, 6.45) is 7.24. The predicted molar refractivity (Wildman–Crippen MR) is 86.3 cm³/mol. The van der Waals surface area contributed by atoms with Gasteiger partial charge in [0.2, 0.25) is 0 Å². The largest absolute Gasteiger partial charge is 0.330 e. The summed E-state index contributed by atoms with van der Waals surface area (Å²) in [7, 11) is 4.92. The molecule has 1 aromatic rings. The van der Waals surface area contributed by atoms with E-state index in [2.05, 4.69) is 19.1 Å².